The van der Waals surface area contributed by atoms with E-state index in [0.717, 1.165) is 36.4 Å². The minimum Gasteiger partial charge on any atom is -0.351 e. The Balaban J connectivity index is 1.74. The van der Waals surface area contributed by atoms with E-state index in [0.29, 0.717) is 17.4 Å². The second kappa shape index (κ2) is 9.80. The third-order valence-corrected chi connectivity index (χ3v) is 7.63. The molecular formula is C21H24N4O4S3. The van der Waals surface area contributed by atoms with Crippen LogP contribution in [0.15, 0.2) is 36.4 Å². The summed E-state index contributed by atoms with van der Waals surface area (Å²) in [6.45, 7) is 5.28. The minimum atomic E-state index is -3.66. The predicted octanol–water partition coefficient (Wildman–Crippen LogP) is 3.53. The van der Waals surface area contributed by atoms with Crippen molar-refractivity contribution in [2.75, 3.05) is 22.4 Å². The van der Waals surface area contributed by atoms with E-state index in [1.165, 1.54) is 29.6 Å². The maximum Gasteiger partial charge on any atom is 0.246 e. The van der Waals surface area contributed by atoms with Crippen molar-refractivity contribution in [2.24, 2.45) is 0 Å². The molecule has 0 aliphatic rings. The third kappa shape index (κ3) is 5.93. The number of rotatable bonds is 8. The zero-order chi connectivity index (χ0) is 23.5. The molecule has 0 spiro atoms. The second-order valence-electron chi connectivity index (χ2n) is 7.20. The Morgan fingerprint density at radius 1 is 1.09 bits per heavy atom. The number of thiophene rings is 1. The topological polar surface area (TPSA) is 108 Å². The molecule has 0 bridgehead atoms. The van der Waals surface area contributed by atoms with E-state index in [2.05, 4.69) is 15.6 Å². The first-order valence-corrected chi connectivity index (χ1v) is 13.2. The molecular weight excluding hydrogens is 468 g/mol. The van der Waals surface area contributed by atoms with Gasteiger partial charge in [0, 0.05) is 16.7 Å². The molecule has 2 aromatic heterocycles. The van der Waals surface area contributed by atoms with Crippen LogP contribution in [0.4, 0.5) is 10.8 Å². The number of aryl methyl sites for hydroxylation is 2. The highest BCUT2D eigenvalue weighted by Gasteiger charge is 2.23. The summed E-state index contributed by atoms with van der Waals surface area (Å²) in [5.74, 6) is -0.569. The lowest BCUT2D eigenvalue weighted by Gasteiger charge is -2.23. The zero-order valence-corrected chi connectivity index (χ0v) is 20.6. The molecule has 0 radical (unpaired) electrons. The first-order chi connectivity index (χ1) is 15.0. The molecule has 0 aliphatic carbocycles. The molecule has 8 nitrogen and oxygen atoms in total. The van der Waals surface area contributed by atoms with Crippen molar-refractivity contribution in [1.82, 2.24) is 10.3 Å². The Morgan fingerprint density at radius 2 is 1.81 bits per heavy atom. The summed E-state index contributed by atoms with van der Waals surface area (Å²) in [6, 6.07) is 10.9. The lowest BCUT2D eigenvalue weighted by atomic mass is 10.2. The van der Waals surface area contributed by atoms with Crippen LogP contribution in [-0.4, -0.2) is 38.0 Å². The average molecular weight is 493 g/mol. The summed E-state index contributed by atoms with van der Waals surface area (Å²) in [5, 5.41) is 5.89. The van der Waals surface area contributed by atoms with Crippen LogP contribution >= 0.6 is 22.7 Å². The van der Waals surface area contributed by atoms with Gasteiger partial charge in [-0.3, -0.25) is 13.9 Å². The quantitative estimate of drug-likeness (QED) is 0.500. The zero-order valence-electron chi connectivity index (χ0n) is 18.1. The number of carbonyl (C=O) groups excluding carboxylic acids is 2. The number of amides is 2. The fraction of sp³-hybridized carbons (Fsp3) is 0.286. The molecule has 2 N–H and O–H groups in total. The molecule has 2 amide bonds. The predicted molar refractivity (Wildman–Crippen MR) is 130 cm³/mol. The highest BCUT2D eigenvalue weighted by atomic mass is 32.2. The van der Waals surface area contributed by atoms with Gasteiger partial charge in [0.2, 0.25) is 21.8 Å². The second-order valence-corrected chi connectivity index (χ2v) is 11.5. The minimum absolute atomic E-state index is 0.0939. The number of hydrogen-bond acceptors (Lipinski definition) is 7. The van der Waals surface area contributed by atoms with Crippen LogP contribution in [-0.2, 0) is 26.2 Å². The van der Waals surface area contributed by atoms with Gasteiger partial charge in [-0.1, -0.05) is 18.2 Å². The Hall–Kier alpha value is -2.76. The molecule has 3 aromatic rings. The molecule has 0 unspecified atom stereocenters. The first-order valence-electron chi connectivity index (χ1n) is 9.68. The largest absolute Gasteiger partial charge is 0.351 e. The van der Waals surface area contributed by atoms with Crippen LogP contribution in [0.25, 0.3) is 10.6 Å². The Morgan fingerprint density at radius 3 is 2.47 bits per heavy atom. The van der Waals surface area contributed by atoms with Gasteiger partial charge < -0.3 is 10.6 Å². The lowest BCUT2D eigenvalue weighted by molar-refractivity contribution is -0.119. The van der Waals surface area contributed by atoms with Crippen LogP contribution in [0.3, 0.4) is 0 Å². The number of carbonyl (C=O) groups is 2. The number of para-hydroxylation sites is 1. The number of benzene rings is 1. The number of anilines is 2. The number of thiazole rings is 1. The number of sulfonamides is 1. The number of aromatic nitrogens is 1. The highest BCUT2D eigenvalue weighted by molar-refractivity contribution is 7.92. The molecule has 2 heterocycles. The third-order valence-electron chi connectivity index (χ3n) is 4.52. The van der Waals surface area contributed by atoms with E-state index in [1.54, 1.807) is 25.1 Å². The van der Waals surface area contributed by atoms with Crippen molar-refractivity contribution in [3.63, 3.8) is 0 Å². The van der Waals surface area contributed by atoms with Crippen molar-refractivity contribution in [3.8, 4) is 10.6 Å². The monoisotopic (exact) mass is 492 g/mol. The van der Waals surface area contributed by atoms with Gasteiger partial charge in [-0.25, -0.2) is 13.4 Å². The van der Waals surface area contributed by atoms with Gasteiger partial charge in [0.25, 0.3) is 0 Å². The fourth-order valence-corrected chi connectivity index (χ4v) is 5.82. The smallest absolute Gasteiger partial charge is 0.246 e. The lowest BCUT2D eigenvalue weighted by Crippen LogP contribution is -2.37. The van der Waals surface area contributed by atoms with Gasteiger partial charge in [-0.15, -0.1) is 22.7 Å². The number of hydrogen-bond donors (Lipinski definition) is 2. The van der Waals surface area contributed by atoms with Crippen molar-refractivity contribution >= 4 is 55.3 Å². The van der Waals surface area contributed by atoms with E-state index >= 15 is 0 Å². The van der Waals surface area contributed by atoms with Crippen LogP contribution in [0.5, 0.6) is 0 Å². The van der Waals surface area contributed by atoms with E-state index in [9.17, 15) is 18.0 Å². The van der Waals surface area contributed by atoms with Gasteiger partial charge in [0.05, 0.1) is 29.1 Å². The number of nitrogens with zero attached hydrogens (tertiary/aromatic N) is 2. The molecule has 32 heavy (non-hydrogen) atoms. The van der Waals surface area contributed by atoms with Crippen LogP contribution in [0.1, 0.15) is 22.2 Å². The summed E-state index contributed by atoms with van der Waals surface area (Å²) < 4.78 is 25.7. The molecule has 0 saturated carbocycles. The Kier molecular flexibility index (Phi) is 7.32. The summed E-state index contributed by atoms with van der Waals surface area (Å²) in [6.07, 6.45) is 1.08. The summed E-state index contributed by atoms with van der Waals surface area (Å²) in [5.41, 5.74) is 1.97. The molecule has 3 rings (SSSR count). The van der Waals surface area contributed by atoms with E-state index in [1.807, 2.05) is 25.1 Å². The summed E-state index contributed by atoms with van der Waals surface area (Å²) in [7, 11) is -3.66. The molecule has 0 saturated heterocycles. The molecule has 11 heteroatoms. The first kappa shape index (κ1) is 23.9. The molecule has 1 aromatic carbocycles. The van der Waals surface area contributed by atoms with Crippen LogP contribution in [0, 0.1) is 13.8 Å². The van der Waals surface area contributed by atoms with E-state index in [-0.39, 0.29) is 12.5 Å². The highest BCUT2D eigenvalue weighted by Crippen LogP contribution is 2.34. The van der Waals surface area contributed by atoms with Crippen molar-refractivity contribution < 1.29 is 18.0 Å². The maximum atomic E-state index is 12.7. The average Bonchev–Trinajstić information content (AvgIpc) is 3.30. The van der Waals surface area contributed by atoms with Gasteiger partial charge >= 0.3 is 0 Å². The molecule has 170 valence electrons. The standard InChI is InChI=1S/C21H24N4O4S3/c1-13-7-5-6-8-17(13)25(32(4,28)29)12-19(27)23-21-24-20(14(2)30-21)18-10-9-16(31-18)11-22-15(3)26/h5-10H,11-12H2,1-4H3,(H,22,26)(H,23,24,27). The van der Waals surface area contributed by atoms with Crippen molar-refractivity contribution in [3.05, 3.63) is 51.7 Å². The molecule has 0 atom stereocenters. The molecule has 0 fully saturated rings. The maximum absolute atomic E-state index is 12.7. The van der Waals surface area contributed by atoms with Gasteiger partial charge in [0.1, 0.15) is 6.54 Å². The van der Waals surface area contributed by atoms with Crippen LogP contribution in [0.2, 0.25) is 0 Å². The normalized spacial score (nSPS) is 11.2. The van der Waals surface area contributed by atoms with Crippen LogP contribution < -0.4 is 14.9 Å². The Bertz CT molecular complexity index is 1250. The SMILES string of the molecule is CC(=O)NCc1ccc(-c2nc(NC(=O)CN(c3ccccc3C)S(C)(=O)=O)sc2C)s1. The molecule has 0 aliphatic heterocycles. The fourth-order valence-electron chi connectivity index (χ4n) is 3.00. The van der Waals surface area contributed by atoms with Gasteiger partial charge in [-0.05, 0) is 37.6 Å². The summed E-state index contributed by atoms with van der Waals surface area (Å²) >= 11 is 2.84. The van der Waals surface area contributed by atoms with Gasteiger partial charge in [0.15, 0.2) is 5.13 Å². The summed E-state index contributed by atoms with van der Waals surface area (Å²) in [4.78, 5) is 31.2. The van der Waals surface area contributed by atoms with Crippen molar-refractivity contribution in [2.45, 2.75) is 27.3 Å². The number of nitrogens with one attached hydrogen (secondary N) is 2. The van der Waals surface area contributed by atoms with E-state index < -0.39 is 15.9 Å². The Labute approximate surface area is 195 Å². The van der Waals surface area contributed by atoms with E-state index in [4.69, 9.17) is 0 Å². The van der Waals surface area contributed by atoms with Gasteiger partial charge in [-0.2, -0.15) is 0 Å². The van der Waals surface area contributed by atoms with Crippen molar-refractivity contribution in [1.29, 1.82) is 0 Å².